The van der Waals surface area contributed by atoms with Gasteiger partial charge in [-0.25, -0.2) is 4.39 Å². The Morgan fingerprint density at radius 1 is 1.10 bits per heavy atom. The zero-order chi connectivity index (χ0) is 15.1. The van der Waals surface area contributed by atoms with Crippen molar-refractivity contribution in [3.63, 3.8) is 0 Å². The highest BCUT2D eigenvalue weighted by atomic mass is 35.5. The smallest absolute Gasteiger partial charge is 0.261 e. The quantitative estimate of drug-likeness (QED) is 0.685. The van der Waals surface area contributed by atoms with Crippen LogP contribution in [0.25, 0.3) is 0 Å². The van der Waals surface area contributed by atoms with Crippen LogP contribution in [0.15, 0.2) is 36.4 Å². The molecule has 0 unspecified atom stereocenters. The molecule has 2 amide bonds. The second-order valence-corrected chi connectivity index (χ2v) is 5.09. The summed E-state index contributed by atoms with van der Waals surface area (Å²) in [6.45, 7) is -0.0805. The molecule has 106 valence electrons. The third kappa shape index (κ3) is 2.15. The van der Waals surface area contributed by atoms with Crippen LogP contribution in [0.2, 0.25) is 5.02 Å². The molecular weight excluding hydrogens is 295 g/mol. The molecule has 0 fully saturated rings. The number of anilines is 1. The number of rotatable bonds is 2. The summed E-state index contributed by atoms with van der Waals surface area (Å²) in [7, 11) is 0. The van der Waals surface area contributed by atoms with Crippen molar-refractivity contribution in [1.29, 1.82) is 0 Å². The number of hydrogen-bond donors (Lipinski definition) is 1. The van der Waals surface area contributed by atoms with E-state index in [-0.39, 0.29) is 17.1 Å². The molecule has 0 aliphatic carbocycles. The number of carbonyl (C=O) groups is 2. The summed E-state index contributed by atoms with van der Waals surface area (Å²) in [5.74, 6) is -1.48. The molecule has 2 aromatic rings. The highest BCUT2D eigenvalue weighted by Crippen LogP contribution is 2.28. The number of halogens is 2. The fourth-order valence-corrected chi connectivity index (χ4v) is 2.48. The summed E-state index contributed by atoms with van der Waals surface area (Å²) in [5.41, 5.74) is 6.96. The van der Waals surface area contributed by atoms with E-state index in [0.717, 1.165) is 4.90 Å². The monoisotopic (exact) mass is 304 g/mol. The molecule has 0 bridgehead atoms. The summed E-state index contributed by atoms with van der Waals surface area (Å²) in [5, 5.41) is -0.0893. The Balaban J connectivity index is 1.97. The van der Waals surface area contributed by atoms with Gasteiger partial charge in [0, 0.05) is 5.69 Å². The SMILES string of the molecule is Nc1ccc2c(c1)C(=O)N(Cc1cccc(F)c1Cl)C2=O. The standard InChI is InChI=1S/C15H10ClFN2O2/c16-13-8(2-1-3-12(13)17)7-19-14(20)10-5-4-9(18)6-11(10)15(19)21/h1-6H,7,18H2. The van der Waals surface area contributed by atoms with Crippen LogP contribution in [0.1, 0.15) is 26.3 Å². The number of nitrogens with zero attached hydrogens (tertiary/aromatic N) is 1. The number of imide groups is 1. The Labute approximate surface area is 124 Å². The molecule has 0 saturated carbocycles. The van der Waals surface area contributed by atoms with Crippen LogP contribution < -0.4 is 5.73 Å². The van der Waals surface area contributed by atoms with E-state index in [1.165, 1.54) is 24.3 Å². The molecular formula is C15H10ClFN2O2. The number of carbonyl (C=O) groups excluding carboxylic acids is 2. The van der Waals surface area contributed by atoms with E-state index in [2.05, 4.69) is 0 Å². The summed E-state index contributed by atoms with van der Waals surface area (Å²) < 4.78 is 13.4. The van der Waals surface area contributed by atoms with E-state index in [9.17, 15) is 14.0 Å². The lowest BCUT2D eigenvalue weighted by molar-refractivity contribution is 0.0642. The lowest BCUT2D eigenvalue weighted by Gasteiger charge is -2.15. The number of nitrogen functional groups attached to an aromatic ring is 1. The Morgan fingerprint density at radius 2 is 1.81 bits per heavy atom. The normalized spacial score (nSPS) is 13.7. The van der Waals surface area contributed by atoms with Crippen molar-refractivity contribution in [2.24, 2.45) is 0 Å². The minimum absolute atomic E-state index is 0.0805. The van der Waals surface area contributed by atoms with Gasteiger partial charge in [-0.1, -0.05) is 23.7 Å². The topological polar surface area (TPSA) is 63.4 Å². The van der Waals surface area contributed by atoms with E-state index in [1.807, 2.05) is 0 Å². The van der Waals surface area contributed by atoms with E-state index in [1.54, 1.807) is 12.1 Å². The molecule has 0 atom stereocenters. The maximum atomic E-state index is 13.4. The number of amides is 2. The minimum atomic E-state index is -0.588. The molecule has 4 nitrogen and oxygen atoms in total. The molecule has 0 radical (unpaired) electrons. The molecule has 1 aliphatic heterocycles. The molecule has 1 heterocycles. The molecule has 2 aromatic carbocycles. The average Bonchev–Trinajstić information content (AvgIpc) is 2.68. The first kappa shape index (κ1) is 13.6. The van der Waals surface area contributed by atoms with Crippen LogP contribution in [-0.2, 0) is 6.54 Å². The van der Waals surface area contributed by atoms with Crippen LogP contribution in [0.4, 0.5) is 10.1 Å². The Hall–Kier alpha value is -2.40. The fourth-order valence-electron chi connectivity index (χ4n) is 2.29. The van der Waals surface area contributed by atoms with Gasteiger partial charge in [0.05, 0.1) is 22.7 Å². The van der Waals surface area contributed by atoms with Gasteiger partial charge in [-0.05, 0) is 29.8 Å². The van der Waals surface area contributed by atoms with Gasteiger partial charge in [0.25, 0.3) is 11.8 Å². The number of benzene rings is 2. The van der Waals surface area contributed by atoms with E-state index >= 15 is 0 Å². The van der Waals surface area contributed by atoms with Crippen LogP contribution in [0, 0.1) is 5.82 Å². The van der Waals surface area contributed by atoms with Crippen molar-refractivity contribution in [3.05, 3.63) is 63.9 Å². The maximum Gasteiger partial charge on any atom is 0.261 e. The van der Waals surface area contributed by atoms with Gasteiger partial charge < -0.3 is 5.73 Å². The third-order valence-corrected chi connectivity index (χ3v) is 3.78. The van der Waals surface area contributed by atoms with Crippen molar-refractivity contribution >= 4 is 29.1 Å². The predicted molar refractivity (Wildman–Crippen MR) is 76.5 cm³/mol. The van der Waals surface area contributed by atoms with Crippen LogP contribution >= 0.6 is 11.6 Å². The molecule has 21 heavy (non-hydrogen) atoms. The van der Waals surface area contributed by atoms with E-state index in [0.29, 0.717) is 16.8 Å². The summed E-state index contributed by atoms with van der Waals surface area (Å²) in [4.78, 5) is 25.6. The lowest BCUT2D eigenvalue weighted by Crippen LogP contribution is -2.29. The van der Waals surface area contributed by atoms with E-state index < -0.39 is 17.6 Å². The van der Waals surface area contributed by atoms with Crippen molar-refractivity contribution in [2.45, 2.75) is 6.54 Å². The predicted octanol–water partition coefficient (Wildman–Crippen LogP) is 2.86. The maximum absolute atomic E-state index is 13.4. The Kier molecular flexibility index (Phi) is 3.14. The first-order chi connectivity index (χ1) is 9.99. The average molecular weight is 305 g/mol. The first-order valence-electron chi connectivity index (χ1n) is 6.17. The summed E-state index contributed by atoms with van der Waals surface area (Å²) >= 11 is 5.86. The molecule has 3 rings (SSSR count). The molecule has 0 saturated heterocycles. The van der Waals surface area contributed by atoms with Gasteiger partial charge in [0.15, 0.2) is 0 Å². The van der Waals surface area contributed by atoms with Crippen LogP contribution in [0.5, 0.6) is 0 Å². The largest absolute Gasteiger partial charge is 0.399 e. The molecule has 6 heteroatoms. The molecule has 0 aromatic heterocycles. The number of hydrogen-bond acceptors (Lipinski definition) is 3. The Morgan fingerprint density at radius 3 is 2.57 bits per heavy atom. The minimum Gasteiger partial charge on any atom is -0.399 e. The second-order valence-electron chi connectivity index (χ2n) is 4.71. The third-order valence-electron chi connectivity index (χ3n) is 3.35. The van der Waals surface area contributed by atoms with Crippen molar-refractivity contribution in [2.75, 3.05) is 5.73 Å². The Bertz CT molecular complexity index is 776. The lowest BCUT2D eigenvalue weighted by atomic mass is 10.1. The highest BCUT2D eigenvalue weighted by molar-refractivity contribution is 6.31. The number of fused-ring (bicyclic) bond motifs is 1. The molecule has 1 aliphatic rings. The molecule has 0 spiro atoms. The van der Waals surface area contributed by atoms with Crippen LogP contribution in [-0.4, -0.2) is 16.7 Å². The van der Waals surface area contributed by atoms with Gasteiger partial charge in [0.2, 0.25) is 0 Å². The van der Waals surface area contributed by atoms with E-state index in [4.69, 9.17) is 17.3 Å². The van der Waals surface area contributed by atoms with Crippen LogP contribution in [0.3, 0.4) is 0 Å². The van der Waals surface area contributed by atoms with Gasteiger partial charge in [-0.3, -0.25) is 14.5 Å². The molecule has 2 N–H and O–H groups in total. The zero-order valence-corrected chi connectivity index (χ0v) is 11.5. The summed E-state index contributed by atoms with van der Waals surface area (Å²) in [6.07, 6.45) is 0. The van der Waals surface area contributed by atoms with Crippen molar-refractivity contribution < 1.29 is 14.0 Å². The van der Waals surface area contributed by atoms with Gasteiger partial charge in [0.1, 0.15) is 5.82 Å². The van der Waals surface area contributed by atoms with Gasteiger partial charge in [-0.2, -0.15) is 0 Å². The number of nitrogens with two attached hydrogens (primary N) is 1. The first-order valence-corrected chi connectivity index (χ1v) is 6.55. The zero-order valence-electron chi connectivity index (χ0n) is 10.8. The summed E-state index contributed by atoms with van der Waals surface area (Å²) in [6, 6.07) is 8.80. The van der Waals surface area contributed by atoms with Crippen molar-refractivity contribution in [3.8, 4) is 0 Å². The fraction of sp³-hybridized carbons (Fsp3) is 0.0667. The van der Waals surface area contributed by atoms with Gasteiger partial charge in [-0.15, -0.1) is 0 Å². The van der Waals surface area contributed by atoms with Gasteiger partial charge >= 0.3 is 0 Å². The highest BCUT2D eigenvalue weighted by Gasteiger charge is 2.35. The van der Waals surface area contributed by atoms with Crippen molar-refractivity contribution in [1.82, 2.24) is 4.90 Å². The second kappa shape index (κ2) is 4.86.